The van der Waals surface area contributed by atoms with E-state index >= 15 is 0 Å². The number of carbonyl (C=O) groups excluding carboxylic acids is 1. The van der Waals surface area contributed by atoms with E-state index in [1.165, 1.54) is 4.31 Å². The molecule has 0 bridgehead atoms. The van der Waals surface area contributed by atoms with Crippen LogP contribution in [0.1, 0.15) is 22.3 Å². The molecule has 2 aromatic carbocycles. The summed E-state index contributed by atoms with van der Waals surface area (Å²) in [6.07, 6.45) is 0.612. The van der Waals surface area contributed by atoms with Crippen molar-refractivity contribution >= 4 is 38.9 Å². The molecule has 0 aromatic heterocycles. The summed E-state index contributed by atoms with van der Waals surface area (Å²) in [4.78, 5) is 12.3. The van der Waals surface area contributed by atoms with E-state index < -0.39 is 10.0 Å². The summed E-state index contributed by atoms with van der Waals surface area (Å²) in [7, 11) is -3.26. The van der Waals surface area contributed by atoms with E-state index in [2.05, 4.69) is 5.32 Å². The molecule has 0 spiro atoms. The van der Waals surface area contributed by atoms with E-state index in [0.717, 1.165) is 5.56 Å². The Morgan fingerprint density at radius 2 is 2.00 bits per heavy atom. The summed E-state index contributed by atoms with van der Waals surface area (Å²) >= 11 is 5.90. The fraction of sp³-hybridized carbons (Fsp3) is 0.235. The van der Waals surface area contributed by atoms with Crippen LogP contribution in [-0.4, -0.2) is 26.6 Å². The van der Waals surface area contributed by atoms with Gasteiger partial charge in [0, 0.05) is 22.8 Å². The van der Waals surface area contributed by atoms with E-state index in [-0.39, 0.29) is 11.7 Å². The third-order valence-electron chi connectivity index (χ3n) is 3.92. The Bertz CT molecular complexity index is 896. The van der Waals surface area contributed by atoms with Crippen molar-refractivity contribution in [1.82, 2.24) is 0 Å². The molecule has 1 N–H and O–H groups in total. The number of nitrogens with zero attached hydrogens (tertiary/aromatic N) is 1. The number of hydrogen-bond donors (Lipinski definition) is 1. The summed E-state index contributed by atoms with van der Waals surface area (Å²) in [5.74, 6) is -0.137. The van der Waals surface area contributed by atoms with Gasteiger partial charge in [-0.05, 0) is 49.2 Å². The molecule has 0 radical (unpaired) electrons. The van der Waals surface area contributed by atoms with E-state index in [0.29, 0.717) is 34.9 Å². The number of sulfonamides is 1. The van der Waals surface area contributed by atoms with Gasteiger partial charge in [-0.25, -0.2) is 8.42 Å². The number of hydrogen-bond acceptors (Lipinski definition) is 3. The first kappa shape index (κ1) is 16.8. The molecule has 0 atom stereocenters. The topological polar surface area (TPSA) is 66.5 Å². The van der Waals surface area contributed by atoms with Crippen molar-refractivity contribution in [3.05, 3.63) is 58.6 Å². The number of aryl methyl sites for hydroxylation is 1. The minimum Gasteiger partial charge on any atom is -0.322 e. The maximum absolute atomic E-state index is 12.3. The standard InChI is InChI=1S/C17H17ClN2O3S/c1-12-6-7-15(11-16(12)20-8-3-9-24(20,22)23)19-17(21)13-4-2-5-14(18)10-13/h2,4-7,10-11H,3,8-9H2,1H3,(H,19,21). The molecule has 1 fully saturated rings. The molecule has 1 heterocycles. The van der Waals surface area contributed by atoms with Crippen LogP contribution in [0.25, 0.3) is 0 Å². The minimum atomic E-state index is -3.26. The first-order valence-electron chi connectivity index (χ1n) is 7.55. The Morgan fingerprint density at radius 3 is 2.67 bits per heavy atom. The number of halogens is 1. The number of benzene rings is 2. The van der Waals surface area contributed by atoms with Crippen LogP contribution in [0.3, 0.4) is 0 Å². The molecular formula is C17H17ClN2O3S. The summed E-state index contributed by atoms with van der Waals surface area (Å²) in [6, 6.07) is 11.9. The zero-order valence-corrected chi connectivity index (χ0v) is 14.7. The molecule has 1 saturated heterocycles. The maximum atomic E-state index is 12.3. The van der Waals surface area contributed by atoms with Crippen molar-refractivity contribution in [2.75, 3.05) is 21.9 Å². The molecule has 0 aliphatic carbocycles. The lowest BCUT2D eigenvalue weighted by Crippen LogP contribution is -2.26. The molecule has 0 saturated carbocycles. The molecule has 1 aliphatic heterocycles. The molecule has 24 heavy (non-hydrogen) atoms. The molecule has 126 valence electrons. The van der Waals surface area contributed by atoms with Gasteiger partial charge in [-0.3, -0.25) is 9.10 Å². The van der Waals surface area contributed by atoms with Crippen molar-refractivity contribution in [1.29, 1.82) is 0 Å². The first-order valence-corrected chi connectivity index (χ1v) is 9.53. The summed E-state index contributed by atoms with van der Waals surface area (Å²) in [5, 5.41) is 3.27. The molecule has 2 aromatic rings. The highest BCUT2D eigenvalue weighted by Gasteiger charge is 2.29. The average molecular weight is 365 g/mol. The third-order valence-corrected chi connectivity index (χ3v) is 6.01. The van der Waals surface area contributed by atoms with Crippen LogP contribution in [0.2, 0.25) is 5.02 Å². The van der Waals surface area contributed by atoms with Gasteiger partial charge >= 0.3 is 0 Å². The van der Waals surface area contributed by atoms with Crippen molar-refractivity contribution in [3.63, 3.8) is 0 Å². The zero-order chi connectivity index (χ0) is 17.3. The van der Waals surface area contributed by atoms with Gasteiger partial charge in [0.05, 0.1) is 11.4 Å². The lowest BCUT2D eigenvalue weighted by molar-refractivity contribution is 0.102. The molecular weight excluding hydrogens is 348 g/mol. The highest BCUT2D eigenvalue weighted by atomic mass is 35.5. The molecule has 1 aliphatic rings. The van der Waals surface area contributed by atoms with Crippen LogP contribution >= 0.6 is 11.6 Å². The molecule has 1 amide bonds. The average Bonchev–Trinajstić information content (AvgIpc) is 2.88. The van der Waals surface area contributed by atoms with Crippen LogP contribution in [-0.2, 0) is 10.0 Å². The highest BCUT2D eigenvalue weighted by Crippen LogP contribution is 2.30. The normalized spacial score (nSPS) is 16.2. The third kappa shape index (κ3) is 3.39. The maximum Gasteiger partial charge on any atom is 0.255 e. The van der Waals surface area contributed by atoms with Gasteiger partial charge in [-0.2, -0.15) is 0 Å². The smallest absolute Gasteiger partial charge is 0.255 e. The number of nitrogens with one attached hydrogen (secondary N) is 1. The van der Waals surface area contributed by atoms with E-state index in [9.17, 15) is 13.2 Å². The van der Waals surface area contributed by atoms with Gasteiger partial charge in [0.25, 0.3) is 5.91 Å². The predicted octanol–water partition coefficient (Wildman–Crippen LogP) is 3.44. The molecule has 5 nitrogen and oxygen atoms in total. The van der Waals surface area contributed by atoms with Gasteiger partial charge in [0.1, 0.15) is 0 Å². The lowest BCUT2D eigenvalue weighted by atomic mass is 10.1. The first-order chi connectivity index (χ1) is 11.4. The monoisotopic (exact) mass is 364 g/mol. The molecule has 7 heteroatoms. The molecule has 3 rings (SSSR count). The number of amides is 1. The second-order valence-corrected chi connectivity index (χ2v) is 8.16. The van der Waals surface area contributed by atoms with Crippen molar-refractivity contribution in [2.24, 2.45) is 0 Å². The van der Waals surface area contributed by atoms with Crippen molar-refractivity contribution in [3.8, 4) is 0 Å². The van der Waals surface area contributed by atoms with Gasteiger partial charge in [0.15, 0.2) is 0 Å². The van der Waals surface area contributed by atoms with Gasteiger partial charge in [-0.15, -0.1) is 0 Å². The number of carbonyl (C=O) groups is 1. The Kier molecular flexibility index (Phi) is 4.51. The van der Waals surface area contributed by atoms with E-state index in [4.69, 9.17) is 11.6 Å². The van der Waals surface area contributed by atoms with Crippen LogP contribution in [0.15, 0.2) is 42.5 Å². The van der Waals surface area contributed by atoms with Gasteiger partial charge in [-0.1, -0.05) is 23.7 Å². The van der Waals surface area contributed by atoms with Crippen LogP contribution < -0.4 is 9.62 Å². The van der Waals surface area contributed by atoms with E-state index in [1.807, 2.05) is 6.92 Å². The largest absolute Gasteiger partial charge is 0.322 e. The SMILES string of the molecule is Cc1ccc(NC(=O)c2cccc(Cl)c2)cc1N1CCCS1(=O)=O. The number of anilines is 2. The van der Waals surface area contributed by atoms with Crippen LogP contribution in [0.4, 0.5) is 11.4 Å². The Morgan fingerprint density at radius 1 is 1.21 bits per heavy atom. The van der Waals surface area contributed by atoms with Crippen molar-refractivity contribution < 1.29 is 13.2 Å². The Balaban J connectivity index is 1.88. The second-order valence-electron chi connectivity index (χ2n) is 5.71. The van der Waals surface area contributed by atoms with Crippen LogP contribution in [0, 0.1) is 6.92 Å². The fourth-order valence-corrected chi connectivity index (χ4v) is 4.51. The van der Waals surface area contributed by atoms with Crippen molar-refractivity contribution in [2.45, 2.75) is 13.3 Å². The molecule has 0 unspecified atom stereocenters. The zero-order valence-electron chi connectivity index (χ0n) is 13.1. The lowest BCUT2D eigenvalue weighted by Gasteiger charge is -2.20. The second kappa shape index (κ2) is 6.45. The van der Waals surface area contributed by atoms with Gasteiger partial charge in [0.2, 0.25) is 10.0 Å². The van der Waals surface area contributed by atoms with Gasteiger partial charge < -0.3 is 5.32 Å². The summed E-state index contributed by atoms with van der Waals surface area (Å²) < 4.78 is 25.7. The summed E-state index contributed by atoms with van der Waals surface area (Å²) in [6.45, 7) is 2.32. The summed E-state index contributed by atoms with van der Waals surface area (Å²) in [5.41, 5.74) is 2.44. The fourth-order valence-electron chi connectivity index (χ4n) is 2.70. The Hall–Kier alpha value is -2.05. The van der Waals surface area contributed by atoms with Crippen LogP contribution in [0.5, 0.6) is 0 Å². The minimum absolute atomic E-state index is 0.158. The number of rotatable bonds is 3. The van der Waals surface area contributed by atoms with E-state index in [1.54, 1.807) is 42.5 Å². The highest BCUT2D eigenvalue weighted by molar-refractivity contribution is 7.93. The predicted molar refractivity (Wildman–Crippen MR) is 96.3 cm³/mol. The Labute approximate surface area is 146 Å². The quantitative estimate of drug-likeness (QED) is 0.907.